The van der Waals surface area contributed by atoms with Crippen LogP contribution >= 0.6 is 11.8 Å². The summed E-state index contributed by atoms with van der Waals surface area (Å²) in [6, 6.07) is 7.57. The van der Waals surface area contributed by atoms with Gasteiger partial charge in [0, 0.05) is 11.9 Å². The van der Waals surface area contributed by atoms with Gasteiger partial charge in [-0.3, -0.25) is 9.48 Å². The molecule has 0 unspecified atom stereocenters. The van der Waals surface area contributed by atoms with Gasteiger partial charge in [-0.1, -0.05) is 17.8 Å². The third-order valence-electron chi connectivity index (χ3n) is 3.23. The van der Waals surface area contributed by atoms with Crippen LogP contribution in [-0.4, -0.2) is 42.2 Å². The first-order valence-corrected chi connectivity index (χ1v) is 8.42. The first-order chi connectivity index (χ1) is 12.4. The molecule has 0 fully saturated rings. The molecule has 1 amide bonds. The van der Waals surface area contributed by atoms with E-state index in [1.54, 1.807) is 24.3 Å². The van der Waals surface area contributed by atoms with E-state index >= 15 is 0 Å². The number of halogens is 3. The third-order valence-corrected chi connectivity index (χ3v) is 3.85. The summed E-state index contributed by atoms with van der Waals surface area (Å²) in [4.78, 5) is 12.1. The molecule has 2 aromatic heterocycles. The van der Waals surface area contributed by atoms with E-state index in [-0.39, 0.29) is 6.54 Å². The fourth-order valence-corrected chi connectivity index (χ4v) is 2.57. The lowest BCUT2D eigenvalue weighted by Gasteiger charge is -2.08. The Labute approximate surface area is 149 Å². The summed E-state index contributed by atoms with van der Waals surface area (Å²) in [6.45, 7) is -0.346. The van der Waals surface area contributed by atoms with E-state index in [2.05, 4.69) is 25.9 Å². The molecular weight excluding hydrogens is 371 g/mol. The molecule has 1 N–H and O–H groups in total. The van der Waals surface area contributed by atoms with Crippen molar-refractivity contribution in [3.63, 3.8) is 0 Å². The Morgan fingerprint density at radius 3 is 2.81 bits per heavy atom. The van der Waals surface area contributed by atoms with Gasteiger partial charge in [0.25, 0.3) is 0 Å². The number of rotatable bonds is 5. The van der Waals surface area contributed by atoms with Gasteiger partial charge in [0.15, 0.2) is 5.69 Å². The zero-order valence-electron chi connectivity index (χ0n) is 13.3. The van der Waals surface area contributed by atoms with Crippen LogP contribution in [0.25, 0.3) is 5.69 Å². The molecule has 0 spiro atoms. The van der Waals surface area contributed by atoms with Crippen molar-refractivity contribution in [1.29, 1.82) is 0 Å². The molecule has 3 aromatic rings. The fraction of sp³-hybridized carbons (Fsp3) is 0.214. The van der Waals surface area contributed by atoms with E-state index < -0.39 is 17.8 Å². The third kappa shape index (κ3) is 4.02. The molecule has 0 saturated heterocycles. The van der Waals surface area contributed by atoms with Crippen LogP contribution in [0.15, 0.2) is 41.7 Å². The van der Waals surface area contributed by atoms with Gasteiger partial charge < -0.3 is 5.32 Å². The van der Waals surface area contributed by atoms with Gasteiger partial charge in [0.1, 0.15) is 6.54 Å². The number of alkyl halides is 3. The molecule has 136 valence electrons. The quantitative estimate of drug-likeness (QED) is 0.680. The predicted molar refractivity (Wildman–Crippen MR) is 86.8 cm³/mol. The number of carbonyl (C=O) groups is 1. The smallest absolute Gasteiger partial charge is 0.324 e. The van der Waals surface area contributed by atoms with Crippen LogP contribution in [-0.2, 0) is 17.5 Å². The monoisotopic (exact) mass is 383 g/mol. The maximum Gasteiger partial charge on any atom is 0.435 e. The van der Waals surface area contributed by atoms with Gasteiger partial charge in [-0.15, -0.1) is 5.10 Å². The van der Waals surface area contributed by atoms with Crippen LogP contribution in [0.4, 0.5) is 18.9 Å². The summed E-state index contributed by atoms with van der Waals surface area (Å²) >= 11 is 1.36. The molecule has 3 rings (SSSR count). The maximum atomic E-state index is 12.5. The Balaban J connectivity index is 1.70. The minimum atomic E-state index is -4.54. The Hall–Kier alpha value is -2.89. The van der Waals surface area contributed by atoms with Gasteiger partial charge in [-0.2, -0.15) is 23.0 Å². The molecule has 0 aliphatic heterocycles. The number of aromatic nitrogens is 6. The lowest BCUT2D eigenvalue weighted by molar-refractivity contribution is -0.141. The van der Waals surface area contributed by atoms with Crippen LogP contribution in [0, 0.1) is 0 Å². The molecule has 8 nitrogen and oxygen atoms in total. The number of hydrogen-bond donors (Lipinski definition) is 1. The predicted octanol–water partition coefficient (Wildman–Crippen LogP) is 2.24. The molecule has 26 heavy (non-hydrogen) atoms. The lowest BCUT2D eigenvalue weighted by atomic mass is 10.3. The van der Waals surface area contributed by atoms with Crippen molar-refractivity contribution in [3.05, 3.63) is 42.2 Å². The highest BCUT2D eigenvalue weighted by Gasteiger charge is 2.33. The summed E-state index contributed by atoms with van der Waals surface area (Å²) in [5.41, 5.74) is 0.0458. The van der Waals surface area contributed by atoms with Crippen molar-refractivity contribution in [1.82, 2.24) is 30.0 Å². The van der Waals surface area contributed by atoms with Crippen LogP contribution in [0.3, 0.4) is 0 Å². The molecule has 12 heteroatoms. The minimum absolute atomic E-state index is 0.346. The van der Waals surface area contributed by atoms with E-state index in [0.717, 1.165) is 16.9 Å². The van der Waals surface area contributed by atoms with E-state index in [4.69, 9.17) is 0 Å². The first-order valence-electron chi connectivity index (χ1n) is 7.20. The molecular formula is C14H12F3N7OS. The van der Waals surface area contributed by atoms with Gasteiger partial charge in [-0.05, 0) is 40.9 Å². The van der Waals surface area contributed by atoms with E-state index in [1.165, 1.54) is 16.4 Å². The van der Waals surface area contributed by atoms with E-state index in [0.29, 0.717) is 16.5 Å². The molecule has 0 aliphatic carbocycles. The highest BCUT2D eigenvalue weighted by atomic mass is 32.2. The number of nitrogens with zero attached hydrogens (tertiary/aromatic N) is 6. The summed E-state index contributed by atoms with van der Waals surface area (Å²) < 4.78 is 40.0. The van der Waals surface area contributed by atoms with Crippen LogP contribution in [0.1, 0.15) is 5.69 Å². The zero-order valence-corrected chi connectivity index (χ0v) is 14.1. The highest BCUT2D eigenvalue weighted by Crippen LogP contribution is 2.27. The topological polar surface area (TPSA) is 90.5 Å². The second-order valence-electron chi connectivity index (χ2n) is 5.07. The van der Waals surface area contributed by atoms with E-state index in [9.17, 15) is 18.0 Å². The SMILES string of the molecule is CSc1nnnn1-c1cccc(NC(=O)Cn2ccc(C(F)(F)F)n2)c1. The van der Waals surface area contributed by atoms with Crippen molar-refractivity contribution in [2.24, 2.45) is 0 Å². The standard InChI is InChI=1S/C14H12F3N7OS/c1-26-13-19-21-22-24(13)10-4-2-3-9(7-10)18-12(25)8-23-6-5-11(20-23)14(15,16)17/h2-7H,8H2,1H3,(H,18,25). The maximum absolute atomic E-state index is 12.5. The second-order valence-corrected chi connectivity index (χ2v) is 5.85. The number of nitrogens with one attached hydrogen (secondary N) is 1. The van der Waals surface area contributed by atoms with Gasteiger partial charge in [0.05, 0.1) is 5.69 Å². The zero-order chi connectivity index (χ0) is 18.7. The average Bonchev–Trinajstić information content (AvgIpc) is 3.23. The normalized spacial score (nSPS) is 11.5. The van der Waals surface area contributed by atoms with Crippen molar-refractivity contribution >= 4 is 23.4 Å². The molecule has 0 aliphatic rings. The Morgan fingerprint density at radius 1 is 1.31 bits per heavy atom. The Kier molecular flexibility index (Phi) is 4.93. The summed E-state index contributed by atoms with van der Waals surface area (Å²) in [7, 11) is 0. The molecule has 0 radical (unpaired) electrons. The molecule has 1 aromatic carbocycles. The molecule has 0 atom stereocenters. The largest absolute Gasteiger partial charge is 0.435 e. The van der Waals surface area contributed by atoms with Crippen LogP contribution < -0.4 is 5.32 Å². The van der Waals surface area contributed by atoms with Gasteiger partial charge >= 0.3 is 6.18 Å². The van der Waals surface area contributed by atoms with Crippen LogP contribution in [0.5, 0.6) is 0 Å². The number of thioether (sulfide) groups is 1. The number of tetrazole rings is 1. The van der Waals surface area contributed by atoms with Crippen molar-refractivity contribution in [3.8, 4) is 5.69 Å². The number of benzene rings is 1. The highest BCUT2D eigenvalue weighted by molar-refractivity contribution is 7.98. The molecule has 0 bridgehead atoms. The summed E-state index contributed by atoms with van der Waals surface area (Å²) in [6.07, 6.45) is -1.62. The summed E-state index contributed by atoms with van der Waals surface area (Å²) in [5.74, 6) is -0.513. The average molecular weight is 383 g/mol. The van der Waals surface area contributed by atoms with Gasteiger partial charge in [0.2, 0.25) is 11.1 Å². The number of amides is 1. The first kappa shape index (κ1) is 17.9. The summed E-state index contributed by atoms with van der Waals surface area (Å²) in [5, 5.41) is 17.8. The van der Waals surface area contributed by atoms with Crippen molar-refractivity contribution in [2.75, 3.05) is 11.6 Å². The second kappa shape index (κ2) is 7.15. The number of anilines is 1. The van der Waals surface area contributed by atoms with E-state index in [1.807, 2.05) is 6.26 Å². The number of carbonyl (C=O) groups excluding carboxylic acids is 1. The van der Waals surface area contributed by atoms with Crippen molar-refractivity contribution < 1.29 is 18.0 Å². The van der Waals surface area contributed by atoms with Crippen LogP contribution in [0.2, 0.25) is 0 Å². The lowest BCUT2D eigenvalue weighted by Crippen LogP contribution is -2.20. The minimum Gasteiger partial charge on any atom is -0.324 e. The molecule has 2 heterocycles. The Bertz CT molecular complexity index is 921. The fourth-order valence-electron chi connectivity index (χ4n) is 2.13. The Morgan fingerprint density at radius 2 is 2.12 bits per heavy atom. The van der Waals surface area contributed by atoms with Gasteiger partial charge in [-0.25, -0.2) is 0 Å². The van der Waals surface area contributed by atoms with Crippen molar-refractivity contribution in [2.45, 2.75) is 17.9 Å². The molecule has 0 saturated carbocycles. The number of hydrogen-bond acceptors (Lipinski definition) is 6.